The van der Waals surface area contributed by atoms with Gasteiger partial charge in [-0.1, -0.05) is 58.4 Å². The van der Waals surface area contributed by atoms with E-state index < -0.39 is 43.1 Å². The third-order valence-corrected chi connectivity index (χ3v) is 6.79. The molecule has 37 heavy (non-hydrogen) atoms. The number of alkyl halides is 6. The van der Waals surface area contributed by atoms with Gasteiger partial charge in [0.15, 0.2) is 5.52 Å². The molecular formula is C27H33F6O3P. The molecule has 10 heteroatoms. The Morgan fingerprint density at radius 1 is 0.757 bits per heavy atom. The molecule has 1 unspecified atom stereocenters. The summed E-state index contributed by atoms with van der Waals surface area (Å²) in [5.41, 5.74) is -5.84. The van der Waals surface area contributed by atoms with Crippen LogP contribution in [0.5, 0.6) is 11.5 Å². The van der Waals surface area contributed by atoms with Crippen molar-refractivity contribution in [1.82, 2.24) is 0 Å². The second-order valence-electron chi connectivity index (χ2n) is 8.65. The fraction of sp³-hybridized carbons (Fsp3) is 0.519. The Morgan fingerprint density at radius 3 is 1.81 bits per heavy atom. The van der Waals surface area contributed by atoms with E-state index in [4.69, 9.17) is 9.47 Å². The molecule has 206 valence electrons. The van der Waals surface area contributed by atoms with Gasteiger partial charge in [-0.05, 0) is 45.7 Å². The Kier molecular flexibility index (Phi) is 12.2. The molecule has 3 nitrogen and oxygen atoms in total. The SMILES string of the molecule is CCCCCCOc1ccc(PC(=O)c2c(C(F)(F)F)cccc2C(F)(F)F)c(OCCCCCC)c1. The van der Waals surface area contributed by atoms with Gasteiger partial charge in [0.1, 0.15) is 11.5 Å². The number of hydrogen-bond acceptors (Lipinski definition) is 3. The van der Waals surface area contributed by atoms with Gasteiger partial charge in [0.2, 0.25) is 0 Å². The molecule has 2 aromatic rings. The third kappa shape index (κ3) is 9.84. The lowest BCUT2D eigenvalue weighted by molar-refractivity contribution is -0.143. The van der Waals surface area contributed by atoms with E-state index in [1.165, 1.54) is 6.07 Å². The van der Waals surface area contributed by atoms with E-state index in [-0.39, 0.29) is 11.1 Å². The molecule has 0 aliphatic rings. The van der Waals surface area contributed by atoms with Gasteiger partial charge in [-0.3, -0.25) is 4.79 Å². The van der Waals surface area contributed by atoms with E-state index in [0.717, 1.165) is 51.4 Å². The zero-order valence-electron chi connectivity index (χ0n) is 21.0. The highest BCUT2D eigenvalue weighted by Crippen LogP contribution is 2.42. The van der Waals surface area contributed by atoms with Crippen molar-refractivity contribution in [1.29, 1.82) is 0 Å². The first kappa shape index (κ1) is 30.9. The van der Waals surface area contributed by atoms with Crippen molar-refractivity contribution in [3.8, 4) is 11.5 Å². The molecule has 0 saturated heterocycles. The lowest BCUT2D eigenvalue weighted by Gasteiger charge is -2.19. The van der Waals surface area contributed by atoms with Crippen molar-refractivity contribution < 1.29 is 40.6 Å². The van der Waals surface area contributed by atoms with Gasteiger partial charge in [0, 0.05) is 16.9 Å². The van der Waals surface area contributed by atoms with E-state index in [1.54, 1.807) is 12.1 Å². The van der Waals surface area contributed by atoms with Crippen LogP contribution in [0.4, 0.5) is 26.3 Å². The number of carbonyl (C=O) groups excluding carboxylic acids is 1. The molecule has 0 radical (unpaired) electrons. The minimum atomic E-state index is -5.12. The van der Waals surface area contributed by atoms with Crippen molar-refractivity contribution in [3.05, 3.63) is 53.1 Å². The monoisotopic (exact) mass is 550 g/mol. The van der Waals surface area contributed by atoms with Gasteiger partial charge in [0.05, 0.1) is 24.3 Å². The zero-order chi connectivity index (χ0) is 27.5. The van der Waals surface area contributed by atoms with Gasteiger partial charge >= 0.3 is 12.4 Å². The maximum atomic E-state index is 13.6. The zero-order valence-corrected chi connectivity index (χ0v) is 22.0. The van der Waals surface area contributed by atoms with E-state index in [1.807, 2.05) is 0 Å². The quantitative estimate of drug-likeness (QED) is 0.126. The molecule has 0 heterocycles. The number of rotatable bonds is 15. The molecule has 1 atom stereocenters. The number of halogens is 6. The predicted octanol–water partition coefficient (Wildman–Crippen LogP) is 8.79. The van der Waals surface area contributed by atoms with Crippen molar-refractivity contribution >= 4 is 19.4 Å². The van der Waals surface area contributed by atoms with Crippen LogP contribution in [-0.2, 0) is 12.4 Å². The fourth-order valence-corrected chi connectivity index (χ4v) is 4.77. The number of hydrogen-bond donors (Lipinski definition) is 0. The van der Waals surface area contributed by atoms with Crippen LogP contribution in [0.2, 0.25) is 0 Å². The summed E-state index contributed by atoms with van der Waals surface area (Å²) in [6.07, 6.45) is -2.58. The Hall–Kier alpha value is -2.28. The maximum absolute atomic E-state index is 13.6. The van der Waals surface area contributed by atoms with Gasteiger partial charge in [0.25, 0.3) is 0 Å². The number of carbonyl (C=O) groups is 1. The second kappa shape index (κ2) is 14.6. The summed E-state index contributed by atoms with van der Waals surface area (Å²) in [5, 5.41) is 0.226. The average molecular weight is 551 g/mol. The summed E-state index contributed by atoms with van der Waals surface area (Å²) in [7, 11) is -1.00. The highest BCUT2D eigenvalue weighted by Gasteiger charge is 2.42. The summed E-state index contributed by atoms with van der Waals surface area (Å²) in [5.74, 6) is 0.694. The summed E-state index contributed by atoms with van der Waals surface area (Å²) >= 11 is 0. The van der Waals surface area contributed by atoms with Crippen molar-refractivity contribution in [3.63, 3.8) is 0 Å². The number of ether oxygens (including phenoxy) is 2. The van der Waals surface area contributed by atoms with Crippen molar-refractivity contribution in [2.75, 3.05) is 13.2 Å². The molecule has 0 aliphatic carbocycles. The van der Waals surface area contributed by atoms with E-state index in [9.17, 15) is 31.1 Å². The van der Waals surface area contributed by atoms with E-state index >= 15 is 0 Å². The van der Waals surface area contributed by atoms with Crippen LogP contribution >= 0.6 is 8.58 Å². The lowest BCUT2D eigenvalue weighted by Crippen LogP contribution is -2.19. The van der Waals surface area contributed by atoms with Crippen LogP contribution in [0.3, 0.4) is 0 Å². The van der Waals surface area contributed by atoms with E-state index in [2.05, 4.69) is 13.8 Å². The average Bonchev–Trinajstić information content (AvgIpc) is 2.83. The molecule has 0 aliphatic heterocycles. The molecular weight excluding hydrogens is 517 g/mol. The van der Waals surface area contributed by atoms with Crippen LogP contribution in [0.25, 0.3) is 0 Å². The molecule has 0 N–H and O–H groups in total. The predicted molar refractivity (Wildman–Crippen MR) is 134 cm³/mol. The fourth-order valence-electron chi connectivity index (χ4n) is 3.70. The molecule has 2 rings (SSSR count). The van der Waals surface area contributed by atoms with Crippen molar-refractivity contribution in [2.45, 2.75) is 77.6 Å². The molecule has 0 bridgehead atoms. The molecule has 0 aromatic heterocycles. The van der Waals surface area contributed by atoms with Gasteiger partial charge < -0.3 is 9.47 Å². The Morgan fingerprint density at radius 2 is 1.30 bits per heavy atom. The normalized spacial score (nSPS) is 12.3. The van der Waals surface area contributed by atoms with Crippen LogP contribution in [0, 0.1) is 0 Å². The molecule has 0 saturated carbocycles. The lowest BCUT2D eigenvalue weighted by atomic mass is 10.0. The third-order valence-electron chi connectivity index (χ3n) is 5.63. The van der Waals surface area contributed by atoms with Crippen LogP contribution in [0.15, 0.2) is 36.4 Å². The maximum Gasteiger partial charge on any atom is 0.417 e. The summed E-state index contributed by atoms with van der Waals surface area (Å²) in [6, 6.07) is 6.22. The minimum Gasteiger partial charge on any atom is -0.493 e. The number of benzene rings is 2. The van der Waals surface area contributed by atoms with Gasteiger partial charge in [-0.25, -0.2) is 0 Å². The van der Waals surface area contributed by atoms with Crippen LogP contribution in [-0.4, -0.2) is 18.7 Å². The van der Waals surface area contributed by atoms with Gasteiger partial charge in [-0.15, -0.1) is 0 Å². The standard InChI is InChI=1S/C27H33F6O3P/c1-3-5-7-9-16-35-19-14-15-23(22(18-19)36-17-10-8-6-4-2)37-25(34)24-20(26(28,29)30)12-11-13-21(24)27(31,32)33/h11-15,18,37H,3-10,16-17H2,1-2H3. The van der Waals surface area contributed by atoms with Crippen LogP contribution in [0.1, 0.15) is 86.7 Å². The summed E-state index contributed by atoms with van der Waals surface area (Å²) in [6.45, 7) is 4.92. The first-order valence-corrected chi connectivity index (χ1v) is 13.5. The Balaban J connectivity index is 2.34. The Labute approximate surface area is 215 Å². The Bertz CT molecular complexity index is 972. The largest absolute Gasteiger partial charge is 0.493 e. The first-order valence-electron chi connectivity index (χ1n) is 12.5. The van der Waals surface area contributed by atoms with Gasteiger partial charge in [-0.2, -0.15) is 26.3 Å². The smallest absolute Gasteiger partial charge is 0.417 e. The summed E-state index contributed by atoms with van der Waals surface area (Å²) in [4.78, 5) is 13.0. The second-order valence-corrected chi connectivity index (χ2v) is 9.90. The summed E-state index contributed by atoms with van der Waals surface area (Å²) < 4.78 is 92.9. The molecule has 0 fully saturated rings. The molecule has 0 spiro atoms. The highest BCUT2D eigenvalue weighted by molar-refractivity contribution is 7.66. The minimum absolute atomic E-state index is 0.226. The highest BCUT2D eigenvalue weighted by atomic mass is 31.1. The van der Waals surface area contributed by atoms with E-state index in [0.29, 0.717) is 37.2 Å². The first-order chi connectivity index (χ1) is 17.5. The van der Waals surface area contributed by atoms with Crippen LogP contribution < -0.4 is 14.8 Å². The molecule has 2 aromatic carbocycles. The van der Waals surface area contributed by atoms with Crippen molar-refractivity contribution in [2.24, 2.45) is 0 Å². The topological polar surface area (TPSA) is 35.5 Å². The molecule has 0 amide bonds. The number of unbranched alkanes of at least 4 members (excludes halogenated alkanes) is 6.